The van der Waals surface area contributed by atoms with Gasteiger partial charge < -0.3 is 4.57 Å². The summed E-state index contributed by atoms with van der Waals surface area (Å²) in [6, 6.07) is 21.2. The van der Waals surface area contributed by atoms with Gasteiger partial charge in [-0.1, -0.05) is 88.4 Å². The third-order valence-corrected chi connectivity index (χ3v) is 4.16. The first-order valence-electron chi connectivity index (χ1n) is 8.79. The first-order valence-corrected chi connectivity index (χ1v) is 8.79. The lowest BCUT2D eigenvalue weighted by molar-refractivity contribution is 0.501. The van der Waals surface area contributed by atoms with Crippen LogP contribution < -0.4 is 0 Å². The van der Waals surface area contributed by atoms with E-state index < -0.39 is 0 Å². The van der Waals surface area contributed by atoms with E-state index in [2.05, 4.69) is 92.9 Å². The molecule has 0 amide bonds. The van der Waals surface area contributed by atoms with Crippen LogP contribution in [0, 0.1) is 5.92 Å². The van der Waals surface area contributed by atoms with Gasteiger partial charge in [0.15, 0.2) is 0 Å². The highest BCUT2D eigenvalue weighted by Gasteiger charge is 2.21. The SMILES string of the molecule is CC(C)Cn1c(C(C)C)nc(-c2ccccc2)c1-c1ccccc1. The maximum absolute atomic E-state index is 5.07. The fourth-order valence-electron chi connectivity index (χ4n) is 3.15. The van der Waals surface area contributed by atoms with Gasteiger partial charge in [0, 0.05) is 23.6 Å². The van der Waals surface area contributed by atoms with Gasteiger partial charge in [0.1, 0.15) is 5.82 Å². The third-order valence-electron chi connectivity index (χ3n) is 4.16. The molecule has 24 heavy (non-hydrogen) atoms. The zero-order valence-electron chi connectivity index (χ0n) is 15.0. The van der Waals surface area contributed by atoms with E-state index in [4.69, 9.17) is 4.98 Å². The molecule has 0 saturated heterocycles. The molecule has 0 radical (unpaired) electrons. The molecule has 0 aliphatic rings. The van der Waals surface area contributed by atoms with Crippen molar-refractivity contribution in [3.63, 3.8) is 0 Å². The van der Waals surface area contributed by atoms with Crippen molar-refractivity contribution in [3.05, 3.63) is 66.5 Å². The standard InChI is InChI=1S/C22H26N2/c1-16(2)15-24-21(19-13-9-6-10-14-19)20(23-22(24)17(3)4)18-11-7-5-8-12-18/h5-14,16-17H,15H2,1-4H3. The molecule has 1 aromatic heterocycles. The summed E-state index contributed by atoms with van der Waals surface area (Å²) in [5.74, 6) is 2.13. The van der Waals surface area contributed by atoms with Gasteiger partial charge in [-0.15, -0.1) is 0 Å². The molecule has 1 heterocycles. The Balaban J connectivity index is 2.28. The molecule has 0 fully saturated rings. The Bertz CT molecular complexity index is 784. The predicted molar refractivity (Wildman–Crippen MR) is 102 cm³/mol. The highest BCUT2D eigenvalue weighted by molar-refractivity contribution is 5.79. The quantitative estimate of drug-likeness (QED) is 0.564. The summed E-state index contributed by atoms with van der Waals surface area (Å²) >= 11 is 0. The highest BCUT2D eigenvalue weighted by atomic mass is 15.1. The van der Waals surface area contributed by atoms with Crippen LogP contribution in [0.2, 0.25) is 0 Å². The molecule has 2 heteroatoms. The van der Waals surface area contributed by atoms with E-state index in [0.29, 0.717) is 11.8 Å². The van der Waals surface area contributed by atoms with E-state index in [1.54, 1.807) is 0 Å². The summed E-state index contributed by atoms with van der Waals surface area (Å²) in [5, 5.41) is 0. The molecule has 0 spiro atoms. The van der Waals surface area contributed by atoms with Crippen LogP contribution in [-0.4, -0.2) is 9.55 Å². The summed E-state index contributed by atoms with van der Waals surface area (Å²) in [5.41, 5.74) is 4.74. The normalized spacial score (nSPS) is 11.4. The molecular weight excluding hydrogens is 292 g/mol. The van der Waals surface area contributed by atoms with Crippen LogP contribution in [0.4, 0.5) is 0 Å². The number of nitrogens with zero attached hydrogens (tertiary/aromatic N) is 2. The monoisotopic (exact) mass is 318 g/mol. The number of benzene rings is 2. The van der Waals surface area contributed by atoms with Crippen molar-refractivity contribution < 1.29 is 0 Å². The van der Waals surface area contributed by atoms with Gasteiger partial charge in [-0.3, -0.25) is 0 Å². The predicted octanol–water partition coefficient (Wildman–Crippen LogP) is 6.00. The fourth-order valence-corrected chi connectivity index (χ4v) is 3.15. The molecule has 0 bridgehead atoms. The van der Waals surface area contributed by atoms with Crippen LogP contribution in [0.5, 0.6) is 0 Å². The Morgan fingerprint density at radius 2 is 1.33 bits per heavy atom. The van der Waals surface area contributed by atoms with Crippen molar-refractivity contribution >= 4 is 0 Å². The summed E-state index contributed by atoms with van der Waals surface area (Å²) in [4.78, 5) is 5.07. The van der Waals surface area contributed by atoms with Crippen molar-refractivity contribution in [2.45, 2.75) is 40.2 Å². The van der Waals surface area contributed by atoms with Crippen LogP contribution in [0.15, 0.2) is 60.7 Å². The Morgan fingerprint density at radius 3 is 1.83 bits per heavy atom. The van der Waals surface area contributed by atoms with Crippen molar-refractivity contribution in [1.29, 1.82) is 0 Å². The maximum Gasteiger partial charge on any atom is 0.112 e. The first kappa shape index (κ1) is 16.5. The van der Waals surface area contributed by atoms with E-state index in [1.165, 1.54) is 22.6 Å². The molecule has 0 atom stereocenters. The second kappa shape index (κ2) is 7.04. The van der Waals surface area contributed by atoms with Gasteiger partial charge in [-0.25, -0.2) is 4.98 Å². The summed E-state index contributed by atoms with van der Waals surface area (Å²) in [6.07, 6.45) is 0. The molecule has 0 saturated carbocycles. The second-order valence-electron chi connectivity index (χ2n) is 7.06. The Kier molecular flexibility index (Phi) is 4.84. The average molecular weight is 318 g/mol. The van der Waals surface area contributed by atoms with Gasteiger partial charge in [-0.05, 0) is 5.92 Å². The number of hydrogen-bond donors (Lipinski definition) is 0. The van der Waals surface area contributed by atoms with E-state index in [-0.39, 0.29) is 0 Å². The molecule has 124 valence electrons. The van der Waals surface area contributed by atoms with Crippen molar-refractivity contribution in [2.24, 2.45) is 5.92 Å². The molecular formula is C22H26N2. The zero-order valence-corrected chi connectivity index (χ0v) is 15.0. The Hall–Kier alpha value is -2.35. The van der Waals surface area contributed by atoms with E-state index in [1.807, 2.05) is 0 Å². The topological polar surface area (TPSA) is 17.8 Å². The summed E-state index contributed by atoms with van der Waals surface area (Å²) in [7, 11) is 0. The van der Waals surface area contributed by atoms with Crippen molar-refractivity contribution in [1.82, 2.24) is 9.55 Å². The lowest BCUT2D eigenvalue weighted by atomic mass is 10.0. The highest BCUT2D eigenvalue weighted by Crippen LogP contribution is 2.35. The van der Waals surface area contributed by atoms with Crippen molar-refractivity contribution in [2.75, 3.05) is 0 Å². The lowest BCUT2D eigenvalue weighted by Gasteiger charge is -2.16. The van der Waals surface area contributed by atoms with Crippen LogP contribution in [0.3, 0.4) is 0 Å². The summed E-state index contributed by atoms with van der Waals surface area (Å²) < 4.78 is 2.42. The molecule has 2 nitrogen and oxygen atoms in total. The minimum atomic E-state index is 0.392. The minimum Gasteiger partial charge on any atom is -0.327 e. The van der Waals surface area contributed by atoms with E-state index in [9.17, 15) is 0 Å². The minimum absolute atomic E-state index is 0.392. The average Bonchev–Trinajstić information content (AvgIpc) is 2.95. The molecule has 0 aliphatic heterocycles. The number of imidazole rings is 1. The Morgan fingerprint density at radius 1 is 0.792 bits per heavy atom. The molecule has 0 unspecified atom stereocenters. The van der Waals surface area contributed by atoms with Crippen LogP contribution in [0.1, 0.15) is 39.4 Å². The molecule has 3 aromatic rings. The van der Waals surface area contributed by atoms with Crippen LogP contribution >= 0.6 is 0 Å². The lowest BCUT2D eigenvalue weighted by Crippen LogP contribution is -2.11. The largest absolute Gasteiger partial charge is 0.327 e. The summed E-state index contributed by atoms with van der Waals surface area (Å²) in [6.45, 7) is 9.96. The van der Waals surface area contributed by atoms with E-state index >= 15 is 0 Å². The van der Waals surface area contributed by atoms with Gasteiger partial charge in [0.2, 0.25) is 0 Å². The van der Waals surface area contributed by atoms with E-state index in [0.717, 1.165) is 12.2 Å². The maximum atomic E-state index is 5.07. The van der Waals surface area contributed by atoms with Gasteiger partial charge in [0.25, 0.3) is 0 Å². The molecule has 3 rings (SSSR count). The van der Waals surface area contributed by atoms with Gasteiger partial charge in [0.05, 0.1) is 11.4 Å². The number of hydrogen-bond acceptors (Lipinski definition) is 1. The first-order chi connectivity index (χ1) is 11.6. The Labute approximate surface area is 145 Å². The van der Waals surface area contributed by atoms with Gasteiger partial charge in [-0.2, -0.15) is 0 Å². The van der Waals surface area contributed by atoms with Crippen LogP contribution in [0.25, 0.3) is 22.5 Å². The van der Waals surface area contributed by atoms with Crippen LogP contribution in [-0.2, 0) is 6.54 Å². The zero-order chi connectivity index (χ0) is 17.1. The smallest absolute Gasteiger partial charge is 0.112 e. The fraction of sp³-hybridized carbons (Fsp3) is 0.318. The second-order valence-corrected chi connectivity index (χ2v) is 7.06. The van der Waals surface area contributed by atoms with Crippen molar-refractivity contribution in [3.8, 4) is 22.5 Å². The third kappa shape index (κ3) is 3.28. The molecule has 0 N–H and O–H groups in total. The molecule has 0 aliphatic carbocycles. The number of aromatic nitrogens is 2. The van der Waals surface area contributed by atoms with Gasteiger partial charge >= 0.3 is 0 Å². The molecule has 2 aromatic carbocycles. The number of rotatable bonds is 5.